The Morgan fingerprint density at radius 3 is 2.86 bits per heavy atom. The first-order chi connectivity index (χ1) is 10.0. The predicted octanol–water partition coefficient (Wildman–Crippen LogP) is -1.46. The van der Waals surface area contributed by atoms with Gasteiger partial charge in [-0.15, -0.1) is 0 Å². The fourth-order valence-electron chi connectivity index (χ4n) is 2.07. The zero-order valence-electron chi connectivity index (χ0n) is 11.5. The smallest absolute Gasteiger partial charge is 0.330 e. The van der Waals surface area contributed by atoms with Crippen LogP contribution in [0, 0.1) is 0 Å². The van der Waals surface area contributed by atoms with E-state index in [4.69, 9.17) is 9.47 Å². The zero-order chi connectivity index (χ0) is 15.4. The minimum absolute atomic E-state index is 0.118. The summed E-state index contributed by atoms with van der Waals surface area (Å²) in [5.74, 6) is 0.814. The van der Waals surface area contributed by atoms with Gasteiger partial charge in [0.15, 0.2) is 6.23 Å². The van der Waals surface area contributed by atoms with Crippen LogP contribution in [0.2, 0.25) is 0 Å². The van der Waals surface area contributed by atoms with Crippen LogP contribution in [0.15, 0.2) is 21.9 Å². The Hall–Kier alpha value is -1.13. The predicted molar refractivity (Wildman–Crippen MR) is 76.4 cm³/mol. The first-order valence-electron chi connectivity index (χ1n) is 6.44. The van der Waals surface area contributed by atoms with Gasteiger partial charge in [-0.3, -0.25) is 14.3 Å². The van der Waals surface area contributed by atoms with E-state index in [0.29, 0.717) is 6.61 Å². The van der Waals surface area contributed by atoms with E-state index in [2.05, 4.69) is 4.98 Å². The second-order valence-corrected chi connectivity index (χ2v) is 5.62. The van der Waals surface area contributed by atoms with Gasteiger partial charge < -0.3 is 19.7 Å². The number of aromatic nitrogens is 2. The Morgan fingerprint density at radius 2 is 2.19 bits per heavy atom. The largest absolute Gasteiger partial charge is 0.387 e. The summed E-state index contributed by atoms with van der Waals surface area (Å²) in [4.78, 5) is 24.8. The van der Waals surface area contributed by atoms with Crippen molar-refractivity contribution in [1.29, 1.82) is 0 Å². The molecule has 9 heteroatoms. The van der Waals surface area contributed by atoms with Gasteiger partial charge in [0.2, 0.25) is 0 Å². The molecule has 0 amide bonds. The lowest BCUT2D eigenvalue weighted by Crippen LogP contribution is -2.37. The van der Waals surface area contributed by atoms with Gasteiger partial charge in [0, 0.05) is 18.0 Å². The van der Waals surface area contributed by atoms with Crippen molar-refractivity contribution in [1.82, 2.24) is 9.55 Å². The summed E-state index contributed by atoms with van der Waals surface area (Å²) < 4.78 is 11.9. The van der Waals surface area contributed by atoms with Gasteiger partial charge in [0.05, 0.1) is 13.2 Å². The molecule has 8 nitrogen and oxygen atoms in total. The van der Waals surface area contributed by atoms with Crippen LogP contribution in [0.4, 0.5) is 0 Å². The van der Waals surface area contributed by atoms with Crippen molar-refractivity contribution in [3.8, 4) is 0 Å². The highest BCUT2D eigenvalue weighted by molar-refractivity contribution is 7.98. The maximum Gasteiger partial charge on any atom is 0.330 e. The molecule has 1 saturated heterocycles. The molecular weight excluding hydrogens is 300 g/mol. The topological polar surface area (TPSA) is 114 Å². The van der Waals surface area contributed by atoms with Crippen molar-refractivity contribution in [2.45, 2.75) is 24.5 Å². The number of nitrogens with one attached hydrogen (secondary N) is 1. The summed E-state index contributed by atoms with van der Waals surface area (Å²) in [5, 5.41) is 19.9. The number of hydrogen-bond donors (Lipinski definition) is 3. The second-order valence-electron chi connectivity index (χ2n) is 4.63. The first kappa shape index (κ1) is 16.2. The molecule has 2 rings (SSSR count). The van der Waals surface area contributed by atoms with E-state index in [1.54, 1.807) is 11.8 Å². The lowest BCUT2D eigenvalue weighted by Gasteiger charge is -2.16. The number of thioether (sulfide) groups is 1. The quantitative estimate of drug-likeness (QED) is 0.549. The molecule has 4 atom stereocenters. The summed E-state index contributed by atoms with van der Waals surface area (Å²) in [7, 11) is 0. The number of hydrogen-bond acceptors (Lipinski definition) is 7. The summed E-state index contributed by atoms with van der Waals surface area (Å²) in [6.45, 7) is 0.626. The van der Waals surface area contributed by atoms with Crippen LogP contribution in [-0.4, -0.2) is 63.3 Å². The highest BCUT2D eigenvalue weighted by Gasteiger charge is 2.44. The number of aliphatic hydroxyl groups excluding tert-OH is 2. The number of nitrogens with zero attached hydrogens (tertiary/aromatic N) is 1. The molecule has 0 spiro atoms. The molecule has 1 aromatic rings. The Kier molecular flexibility index (Phi) is 5.59. The summed E-state index contributed by atoms with van der Waals surface area (Å²) >= 11 is 1.63. The van der Waals surface area contributed by atoms with Crippen LogP contribution in [-0.2, 0) is 9.47 Å². The van der Waals surface area contributed by atoms with Gasteiger partial charge in [-0.25, -0.2) is 4.79 Å². The van der Waals surface area contributed by atoms with Crippen molar-refractivity contribution in [2.24, 2.45) is 0 Å². The van der Waals surface area contributed by atoms with Crippen molar-refractivity contribution < 1.29 is 19.7 Å². The van der Waals surface area contributed by atoms with Gasteiger partial charge >= 0.3 is 5.69 Å². The lowest BCUT2D eigenvalue weighted by molar-refractivity contribution is -0.0666. The molecule has 1 aliphatic rings. The summed E-state index contributed by atoms with van der Waals surface area (Å²) in [6, 6.07) is 1.14. The molecule has 21 heavy (non-hydrogen) atoms. The van der Waals surface area contributed by atoms with Crippen molar-refractivity contribution in [3.05, 3.63) is 33.1 Å². The fourth-order valence-corrected chi connectivity index (χ4v) is 2.35. The number of rotatable bonds is 6. The monoisotopic (exact) mass is 318 g/mol. The lowest BCUT2D eigenvalue weighted by atomic mass is 10.1. The minimum Gasteiger partial charge on any atom is -0.387 e. The van der Waals surface area contributed by atoms with E-state index >= 15 is 0 Å². The van der Waals surface area contributed by atoms with Gasteiger partial charge in [0.25, 0.3) is 5.56 Å². The third kappa shape index (κ3) is 3.74. The average Bonchev–Trinajstić information content (AvgIpc) is 2.72. The van der Waals surface area contributed by atoms with Crippen molar-refractivity contribution in [3.63, 3.8) is 0 Å². The SMILES string of the molecule is CSCCOC[C@H]1O[C@@H](n2ccc(=O)[nH]c2=O)[C@@H](O)C1O. The van der Waals surface area contributed by atoms with Gasteiger partial charge in [-0.05, 0) is 6.26 Å². The van der Waals surface area contributed by atoms with E-state index in [0.717, 1.165) is 16.4 Å². The van der Waals surface area contributed by atoms with Crippen LogP contribution >= 0.6 is 11.8 Å². The van der Waals surface area contributed by atoms with E-state index < -0.39 is 35.8 Å². The molecule has 118 valence electrons. The molecule has 3 N–H and O–H groups in total. The standard InChI is InChI=1S/C12H18N2O6S/c1-21-5-4-19-6-7-9(16)10(17)11(20-7)14-3-2-8(15)13-12(14)18/h2-3,7,9-11,16-17H,4-6H2,1H3,(H,13,15,18)/t7-,9?,10+,11-/m1/s1. The molecule has 2 heterocycles. The number of H-pyrrole nitrogens is 1. The van der Waals surface area contributed by atoms with Crippen LogP contribution in [0.5, 0.6) is 0 Å². The van der Waals surface area contributed by atoms with E-state index in [1.807, 2.05) is 6.26 Å². The third-order valence-electron chi connectivity index (χ3n) is 3.18. The zero-order valence-corrected chi connectivity index (χ0v) is 12.3. The second kappa shape index (κ2) is 7.23. The minimum atomic E-state index is -1.28. The number of ether oxygens (including phenoxy) is 2. The normalized spacial score (nSPS) is 28.9. The van der Waals surface area contributed by atoms with Crippen molar-refractivity contribution >= 4 is 11.8 Å². The van der Waals surface area contributed by atoms with Gasteiger partial charge in [-0.2, -0.15) is 11.8 Å². The first-order valence-corrected chi connectivity index (χ1v) is 7.83. The maximum absolute atomic E-state index is 11.7. The van der Waals surface area contributed by atoms with Crippen LogP contribution in [0.25, 0.3) is 0 Å². The van der Waals surface area contributed by atoms with Crippen LogP contribution in [0.1, 0.15) is 6.23 Å². The molecule has 0 radical (unpaired) electrons. The molecule has 1 unspecified atom stereocenters. The van der Waals surface area contributed by atoms with E-state index in [-0.39, 0.29) is 6.61 Å². The molecule has 1 aromatic heterocycles. The highest BCUT2D eigenvalue weighted by Crippen LogP contribution is 2.28. The molecule has 0 aromatic carbocycles. The molecule has 1 fully saturated rings. The molecule has 0 bridgehead atoms. The molecule has 1 aliphatic heterocycles. The third-order valence-corrected chi connectivity index (χ3v) is 3.75. The van der Waals surface area contributed by atoms with Crippen LogP contribution < -0.4 is 11.2 Å². The van der Waals surface area contributed by atoms with Crippen LogP contribution in [0.3, 0.4) is 0 Å². The maximum atomic E-state index is 11.7. The number of aliphatic hydroxyl groups is 2. The van der Waals surface area contributed by atoms with E-state index in [1.165, 1.54) is 6.20 Å². The fraction of sp³-hybridized carbons (Fsp3) is 0.667. The Labute approximate surface area is 124 Å². The summed E-state index contributed by atoms with van der Waals surface area (Å²) in [5.41, 5.74) is -1.25. The van der Waals surface area contributed by atoms with Gasteiger partial charge in [0.1, 0.15) is 18.3 Å². The van der Waals surface area contributed by atoms with Gasteiger partial charge in [-0.1, -0.05) is 0 Å². The summed E-state index contributed by atoms with van der Waals surface area (Å²) in [6.07, 6.45) is -1.05. The number of aromatic amines is 1. The molecule has 0 saturated carbocycles. The van der Waals surface area contributed by atoms with E-state index in [9.17, 15) is 19.8 Å². The molecular formula is C12H18N2O6S. The average molecular weight is 318 g/mol. The Morgan fingerprint density at radius 1 is 1.43 bits per heavy atom. The highest BCUT2D eigenvalue weighted by atomic mass is 32.2. The Balaban J connectivity index is 2.05. The Bertz CT molecular complexity index is 573. The van der Waals surface area contributed by atoms with Crippen molar-refractivity contribution in [2.75, 3.05) is 25.2 Å². The molecule has 0 aliphatic carbocycles.